The highest BCUT2D eigenvalue weighted by molar-refractivity contribution is 5.67. The van der Waals surface area contributed by atoms with Crippen LogP contribution in [0.2, 0.25) is 0 Å². The molecule has 1 aromatic rings. The molecule has 1 heterocycles. The molecule has 1 amide bonds. The number of benzene rings is 1. The van der Waals surface area contributed by atoms with Crippen LogP contribution in [0.3, 0.4) is 0 Å². The number of likely N-dealkylation sites (tertiary alicyclic amines) is 1. The largest absolute Gasteiger partial charge is 0.465 e. The van der Waals surface area contributed by atoms with Gasteiger partial charge in [0.1, 0.15) is 0 Å². The number of hydrogen-bond donors (Lipinski definition) is 1. The number of amides is 1. The van der Waals surface area contributed by atoms with Crippen LogP contribution in [0, 0.1) is 0 Å². The standard InChI is InChI=1S/C22H34N2O2/c1-22(2,3)24(21(25)26)20-9-7-8-18-16-17(10-11-19(18)20)12-15-23-13-5-4-6-14-23/h10-11,16,20H,4-9,12-15H2,1-3H3,(H,25,26). The molecule has 0 radical (unpaired) electrons. The van der Waals surface area contributed by atoms with Crippen LogP contribution < -0.4 is 0 Å². The third-order valence-electron chi connectivity index (χ3n) is 5.90. The topological polar surface area (TPSA) is 43.8 Å². The Morgan fingerprint density at radius 3 is 2.58 bits per heavy atom. The quantitative estimate of drug-likeness (QED) is 0.835. The van der Waals surface area contributed by atoms with Crippen LogP contribution in [0.25, 0.3) is 0 Å². The van der Waals surface area contributed by atoms with Gasteiger partial charge in [0.05, 0.1) is 6.04 Å². The molecule has 1 unspecified atom stereocenters. The SMILES string of the molecule is CC(C)(C)N(C(=O)O)C1CCCc2cc(CCN3CCCCC3)ccc21. The van der Waals surface area contributed by atoms with E-state index in [1.165, 1.54) is 49.0 Å². The highest BCUT2D eigenvalue weighted by Crippen LogP contribution is 2.38. The minimum absolute atomic E-state index is 0.0209. The fourth-order valence-corrected chi connectivity index (χ4v) is 4.62. The van der Waals surface area contributed by atoms with Crippen molar-refractivity contribution in [2.24, 2.45) is 0 Å². The van der Waals surface area contributed by atoms with Crippen molar-refractivity contribution >= 4 is 6.09 Å². The molecule has 144 valence electrons. The molecule has 1 aliphatic carbocycles. The molecule has 1 N–H and O–H groups in total. The Kier molecular flexibility index (Phi) is 5.91. The minimum atomic E-state index is -0.815. The first-order valence-electron chi connectivity index (χ1n) is 10.2. The predicted octanol–water partition coefficient (Wildman–Crippen LogP) is 4.87. The zero-order valence-corrected chi connectivity index (χ0v) is 16.6. The zero-order chi connectivity index (χ0) is 18.7. The van der Waals surface area contributed by atoms with E-state index in [9.17, 15) is 9.90 Å². The van der Waals surface area contributed by atoms with E-state index in [0.29, 0.717) is 0 Å². The minimum Gasteiger partial charge on any atom is -0.465 e. The van der Waals surface area contributed by atoms with Gasteiger partial charge >= 0.3 is 6.09 Å². The van der Waals surface area contributed by atoms with E-state index >= 15 is 0 Å². The number of aryl methyl sites for hydroxylation is 1. The van der Waals surface area contributed by atoms with Gasteiger partial charge in [0.2, 0.25) is 0 Å². The maximum absolute atomic E-state index is 11.9. The summed E-state index contributed by atoms with van der Waals surface area (Å²) in [6.07, 6.45) is 7.39. The fraction of sp³-hybridized carbons (Fsp3) is 0.682. The second-order valence-corrected chi connectivity index (χ2v) is 8.92. The summed E-state index contributed by atoms with van der Waals surface area (Å²) in [6.45, 7) is 9.59. The third-order valence-corrected chi connectivity index (χ3v) is 5.90. The molecule has 4 heteroatoms. The first-order valence-corrected chi connectivity index (χ1v) is 10.2. The number of rotatable bonds is 4. The smallest absolute Gasteiger partial charge is 0.408 e. The molecule has 1 atom stereocenters. The summed E-state index contributed by atoms with van der Waals surface area (Å²) in [6, 6.07) is 6.75. The average Bonchev–Trinajstić information content (AvgIpc) is 2.59. The van der Waals surface area contributed by atoms with E-state index in [1.54, 1.807) is 4.90 Å². The molecule has 26 heavy (non-hydrogen) atoms. The molecule has 3 rings (SSSR count). The van der Waals surface area contributed by atoms with Gasteiger partial charge in [-0.3, -0.25) is 4.90 Å². The van der Waals surface area contributed by atoms with Crippen LogP contribution in [0.15, 0.2) is 18.2 Å². The summed E-state index contributed by atoms with van der Waals surface area (Å²) < 4.78 is 0. The molecule has 1 saturated heterocycles. The van der Waals surface area contributed by atoms with E-state index in [4.69, 9.17) is 0 Å². The fourth-order valence-electron chi connectivity index (χ4n) is 4.62. The molecule has 1 aromatic carbocycles. The molecule has 2 aliphatic rings. The third kappa shape index (κ3) is 4.40. The molecule has 1 fully saturated rings. The highest BCUT2D eigenvalue weighted by Gasteiger charge is 2.36. The van der Waals surface area contributed by atoms with E-state index in [-0.39, 0.29) is 6.04 Å². The number of hydrogen-bond acceptors (Lipinski definition) is 2. The first kappa shape index (κ1) is 19.2. The van der Waals surface area contributed by atoms with E-state index in [0.717, 1.165) is 32.2 Å². The number of piperidine rings is 1. The summed E-state index contributed by atoms with van der Waals surface area (Å²) in [7, 11) is 0. The lowest BCUT2D eigenvalue weighted by Gasteiger charge is -2.42. The van der Waals surface area contributed by atoms with Crippen molar-refractivity contribution in [1.82, 2.24) is 9.80 Å². The normalized spacial score (nSPS) is 21.3. The van der Waals surface area contributed by atoms with Gasteiger partial charge in [-0.2, -0.15) is 0 Å². The van der Waals surface area contributed by atoms with Gasteiger partial charge in [-0.15, -0.1) is 0 Å². The summed E-state index contributed by atoms with van der Waals surface area (Å²) in [4.78, 5) is 16.2. The lowest BCUT2D eigenvalue weighted by atomic mass is 9.84. The number of carbonyl (C=O) groups is 1. The van der Waals surface area contributed by atoms with Crippen molar-refractivity contribution in [2.75, 3.05) is 19.6 Å². The van der Waals surface area contributed by atoms with Gasteiger partial charge in [-0.1, -0.05) is 24.6 Å². The van der Waals surface area contributed by atoms with Crippen LogP contribution in [0.1, 0.15) is 75.6 Å². The van der Waals surface area contributed by atoms with Crippen molar-refractivity contribution in [3.8, 4) is 0 Å². The highest BCUT2D eigenvalue weighted by atomic mass is 16.4. The lowest BCUT2D eigenvalue weighted by Crippen LogP contribution is -2.48. The number of carboxylic acid groups (broad SMARTS) is 1. The van der Waals surface area contributed by atoms with Crippen LogP contribution >= 0.6 is 0 Å². The van der Waals surface area contributed by atoms with Crippen molar-refractivity contribution in [3.05, 3.63) is 34.9 Å². The molecule has 1 aliphatic heterocycles. The summed E-state index contributed by atoms with van der Waals surface area (Å²) in [5.74, 6) is 0. The van der Waals surface area contributed by atoms with Crippen LogP contribution in [-0.2, 0) is 12.8 Å². The second-order valence-electron chi connectivity index (χ2n) is 8.92. The van der Waals surface area contributed by atoms with Gasteiger partial charge in [0, 0.05) is 12.1 Å². The van der Waals surface area contributed by atoms with Crippen molar-refractivity contribution in [2.45, 2.75) is 77.3 Å². The predicted molar refractivity (Wildman–Crippen MR) is 106 cm³/mol. The Morgan fingerprint density at radius 1 is 1.19 bits per heavy atom. The zero-order valence-electron chi connectivity index (χ0n) is 16.6. The van der Waals surface area contributed by atoms with Crippen molar-refractivity contribution in [1.29, 1.82) is 0 Å². The van der Waals surface area contributed by atoms with Crippen molar-refractivity contribution in [3.63, 3.8) is 0 Å². The second kappa shape index (κ2) is 7.99. The Balaban J connectivity index is 1.75. The Bertz CT molecular complexity index is 630. The lowest BCUT2D eigenvalue weighted by molar-refractivity contribution is 0.0638. The summed E-state index contributed by atoms with van der Waals surface area (Å²) >= 11 is 0. The van der Waals surface area contributed by atoms with Crippen LogP contribution in [0.4, 0.5) is 4.79 Å². The molecular weight excluding hydrogens is 324 g/mol. The molecule has 0 saturated carbocycles. The summed E-state index contributed by atoms with van der Waals surface area (Å²) in [5.41, 5.74) is 3.58. The Labute approximate surface area is 158 Å². The Morgan fingerprint density at radius 2 is 1.92 bits per heavy atom. The van der Waals surface area contributed by atoms with E-state index in [2.05, 4.69) is 23.1 Å². The molecule has 0 bridgehead atoms. The molecular formula is C22H34N2O2. The number of fused-ring (bicyclic) bond motifs is 1. The molecule has 4 nitrogen and oxygen atoms in total. The van der Waals surface area contributed by atoms with Crippen LogP contribution in [-0.4, -0.2) is 46.2 Å². The Hall–Kier alpha value is -1.55. The van der Waals surface area contributed by atoms with Gasteiger partial charge < -0.3 is 10.0 Å². The monoisotopic (exact) mass is 358 g/mol. The maximum atomic E-state index is 11.9. The summed E-state index contributed by atoms with van der Waals surface area (Å²) in [5, 5.41) is 9.79. The maximum Gasteiger partial charge on any atom is 0.408 e. The van der Waals surface area contributed by atoms with Gasteiger partial charge in [0.15, 0.2) is 0 Å². The average molecular weight is 359 g/mol. The first-order chi connectivity index (χ1) is 12.4. The van der Waals surface area contributed by atoms with Crippen LogP contribution in [0.5, 0.6) is 0 Å². The molecule has 0 aromatic heterocycles. The van der Waals surface area contributed by atoms with Gasteiger partial charge in [0.25, 0.3) is 0 Å². The van der Waals surface area contributed by atoms with E-state index < -0.39 is 11.6 Å². The van der Waals surface area contributed by atoms with Gasteiger partial charge in [-0.05, 0) is 89.1 Å². The van der Waals surface area contributed by atoms with Crippen molar-refractivity contribution < 1.29 is 9.90 Å². The van der Waals surface area contributed by atoms with E-state index in [1.807, 2.05) is 20.8 Å². The molecule has 0 spiro atoms. The van der Waals surface area contributed by atoms with Gasteiger partial charge in [-0.25, -0.2) is 4.79 Å². The number of nitrogens with zero attached hydrogens (tertiary/aromatic N) is 2.